The Labute approximate surface area is 204 Å². The van der Waals surface area contributed by atoms with E-state index in [0.717, 1.165) is 27.3 Å². The van der Waals surface area contributed by atoms with Gasteiger partial charge in [0, 0.05) is 12.6 Å². The van der Waals surface area contributed by atoms with E-state index in [9.17, 15) is 18.0 Å². The fourth-order valence-electron chi connectivity index (χ4n) is 3.86. The third-order valence-electron chi connectivity index (χ3n) is 5.61. The summed E-state index contributed by atoms with van der Waals surface area (Å²) in [6, 6.07) is 14.4. The van der Waals surface area contributed by atoms with Crippen LogP contribution in [-0.4, -0.2) is 56.6 Å². The van der Waals surface area contributed by atoms with E-state index >= 15 is 0 Å². The minimum Gasteiger partial charge on any atom is -0.352 e. The molecule has 0 aliphatic heterocycles. The highest BCUT2D eigenvalue weighted by molar-refractivity contribution is 7.92. The van der Waals surface area contributed by atoms with Crippen LogP contribution in [0.5, 0.6) is 0 Å². The molecule has 0 bridgehead atoms. The van der Waals surface area contributed by atoms with E-state index < -0.39 is 22.0 Å². The molecule has 2 amide bonds. The van der Waals surface area contributed by atoms with Gasteiger partial charge in [0.25, 0.3) is 0 Å². The van der Waals surface area contributed by atoms with Crippen LogP contribution in [0.4, 0.5) is 5.69 Å². The van der Waals surface area contributed by atoms with Gasteiger partial charge in [-0.25, -0.2) is 8.42 Å². The Bertz CT molecular complexity index is 1080. The lowest BCUT2D eigenvalue weighted by molar-refractivity contribution is -0.139. The summed E-state index contributed by atoms with van der Waals surface area (Å²) in [5.41, 5.74) is 3.15. The van der Waals surface area contributed by atoms with Crippen LogP contribution >= 0.6 is 0 Å². The second-order valence-corrected chi connectivity index (χ2v) is 10.9. The van der Waals surface area contributed by atoms with Gasteiger partial charge in [-0.3, -0.25) is 13.9 Å². The molecule has 0 heterocycles. The largest absolute Gasteiger partial charge is 0.352 e. The first-order valence-corrected chi connectivity index (χ1v) is 13.5. The normalized spacial score (nSPS) is 12.3. The maximum absolute atomic E-state index is 13.6. The number of hydrogen-bond acceptors (Lipinski definition) is 4. The number of benzene rings is 2. The van der Waals surface area contributed by atoms with Crippen molar-refractivity contribution in [2.75, 3.05) is 23.7 Å². The Kier molecular flexibility index (Phi) is 9.67. The molecule has 2 aromatic rings. The van der Waals surface area contributed by atoms with Gasteiger partial charge in [-0.05, 0) is 63.3 Å². The predicted molar refractivity (Wildman–Crippen MR) is 137 cm³/mol. The van der Waals surface area contributed by atoms with Crippen LogP contribution in [0.25, 0.3) is 0 Å². The van der Waals surface area contributed by atoms with Crippen molar-refractivity contribution in [3.8, 4) is 0 Å². The van der Waals surface area contributed by atoms with Crippen molar-refractivity contribution in [2.24, 2.45) is 0 Å². The molecule has 0 aliphatic carbocycles. The smallest absolute Gasteiger partial charge is 0.244 e. The highest BCUT2D eigenvalue weighted by Crippen LogP contribution is 2.24. The van der Waals surface area contributed by atoms with Crippen LogP contribution in [0.1, 0.15) is 43.9 Å². The Morgan fingerprint density at radius 1 is 1.03 bits per heavy atom. The van der Waals surface area contributed by atoms with Gasteiger partial charge in [0.15, 0.2) is 0 Å². The third kappa shape index (κ3) is 7.58. The van der Waals surface area contributed by atoms with Gasteiger partial charge in [-0.15, -0.1) is 0 Å². The fourth-order valence-corrected chi connectivity index (χ4v) is 4.76. The summed E-state index contributed by atoms with van der Waals surface area (Å²) >= 11 is 0. The molecule has 0 aliphatic rings. The summed E-state index contributed by atoms with van der Waals surface area (Å²) in [6.45, 7) is 9.21. The number of anilines is 1. The summed E-state index contributed by atoms with van der Waals surface area (Å²) in [5.74, 6) is -0.649. The standard InChI is InChI=1S/C26H37N3O4S/c1-7-23(26(31)27-19(2)3)28(16-15-22-11-9-8-10-12-22)25(30)18-29(34(6,32)33)24-17-20(4)13-14-21(24)5/h8-14,17,19,23H,7,15-16,18H2,1-6H3,(H,27,31)/t23-/m0/s1. The van der Waals surface area contributed by atoms with Gasteiger partial charge in [0.2, 0.25) is 21.8 Å². The van der Waals surface area contributed by atoms with Gasteiger partial charge in [0.05, 0.1) is 11.9 Å². The maximum atomic E-state index is 13.6. The minimum absolute atomic E-state index is 0.0740. The highest BCUT2D eigenvalue weighted by Gasteiger charge is 2.32. The number of nitrogens with zero attached hydrogens (tertiary/aromatic N) is 2. The van der Waals surface area contributed by atoms with Gasteiger partial charge < -0.3 is 10.2 Å². The lowest BCUT2D eigenvalue weighted by Gasteiger charge is -2.33. The van der Waals surface area contributed by atoms with Gasteiger partial charge in [-0.2, -0.15) is 0 Å². The van der Waals surface area contributed by atoms with Crippen molar-refractivity contribution >= 4 is 27.5 Å². The van der Waals surface area contributed by atoms with E-state index in [1.807, 2.05) is 77.1 Å². The van der Waals surface area contributed by atoms with Crippen molar-refractivity contribution in [1.29, 1.82) is 0 Å². The van der Waals surface area contributed by atoms with Crippen molar-refractivity contribution in [3.05, 3.63) is 65.2 Å². The molecule has 0 spiro atoms. The molecule has 0 radical (unpaired) electrons. The van der Waals surface area contributed by atoms with Crippen LogP contribution in [0, 0.1) is 13.8 Å². The summed E-state index contributed by atoms with van der Waals surface area (Å²) in [4.78, 5) is 28.1. The molecule has 1 atom stereocenters. The molecule has 0 unspecified atom stereocenters. The van der Waals surface area contributed by atoms with E-state index in [1.165, 1.54) is 4.90 Å². The second kappa shape index (κ2) is 12.0. The molecule has 8 heteroatoms. The summed E-state index contributed by atoms with van der Waals surface area (Å²) < 4.78 is 26.6. The second-order valence-electron chi connectivity index (χ2n) is 8.97. The van der Waals surface area contributed by atoms with Crippen LogP contribution in [-0.2, 0) is 26.0 Å². The summed E-state index contributed by atoms with van der Waals surface area (Å²) in [7, 11) is -3.74. The van der Waals surface area contributed by atoms with Gasteiger partial charge >= 0.3 is 0 Å². The number of sulfonamides is 1. The zero-order chi connectivity index (χ0) is 25.5. The number of carbonyl (C=O) groups excluding carboxylic acids is 2. The first-order chi connectivity index (χ1) is 15.9. The van der Waals surface area contributed by atoms with E-state index in [0.29, 0.717) is 25.1 Å². The molecule has 0 saturated heterocycles. The third-order valence-corrected chi connectivity index (χ3v) is 6.74. The number of carbonyl (C=O) groups is 2. The van der Waals surface area contributed by atoms with Crippen LogP contribution < -0.4 is 9.62 Å². The first-order valence-electron chi connectivity index (χ1n) is 11.6. The first kappa shape index (κ1) is 27.4. The van der Waals surface area contributed by atoms with E-state index in [4.69, 9.17) is 0 Å². The maximum Gasteiger partial charge on any atom is 0.244 e. The molecule has 34 heavy (non-hydrogen) atoms. The summed E-state index contributed by atoms with van der Waals surface area (Å²) in [6.07, 6.45) is 2.07. The Balaban J connectivity index is 2.40. The lowest BCUT2D eigenvalue weighted by atomic mass is 10.1. The zero-order valence-electron chi connectivity index (χ0n) is 21.0. The van der Waals surface area contributed by atoms with Crippen LogP contribution in [0.2, 0.25) is 0 Å². The SMILES string of the molecule is CC[C@@H](C(=O)NC(C)C)N(CCc1ccccc1)C(=O)CN(c1cc(C)ccc1C)S(C)(=O)=O. The van der Waals surface area contributed by atoms with Crippen molar-refractivity contribution < 1.29 is 18.0 Å². The van der Waals surface area contributed by atoms with Crippen LogP contribution in [0.15, 0.2) is 48.5 Å². The van der Waals surface area contributed by atoms with Gasteiger partial charge in [0.1, 0.15) is 12.6 Å². The molecule has 1 N–H and O–H groups in total. The molecule has 7 nitrogen and oxygen atoms in total. The molecule has 2 rings (SSSR count). The molecule has 0 aromatic heterocycles. The van der Waals surface area contributed by atoms with E-state index in [1.54, 1.807) is 6.07 Å². The Hall–Kier alpha value is -2.87. The molecular weight excluding hydrogens is 450 g/mol. The highest BCUT2D eigenvalue weighted by atomic mass is 32.2. The lowest BCUT2D eigenvalue weighted by Crippen LogP contribution is -2.54. The Morgan fingerprint density at radius 2 is 1.68 bits per heavy atom. The van der Waals surface area contributed by atoms with Crippen molar-refractivity contribution in [3.63, 3.8) is 0 Å². The van der Waals surface area contributed by atoms with Crippen molar-refractivity contribution in [1.82, 2.24) is 10.2 Å². The number of rotatable bonds is 11. The zero-order valence-corrected chi connectivity index (χ0v) is 21.9. The Morgan fingerprint density at radius 3 is 2.24 bits per heavy atom. The molecule has 0 fully saturated rings. The number of aryl methyl sites for hydroxylation is 2. The fraction of sp³-hybridized carbons (Fsp3) is 0.462. The van der Waals surface area contributed by atoms with Crippen molar-refractivity contribution in [2.45, 2.75) is 59.5 Å². The van der Waals surface area contributed by atoms with E-state index in [-0.39, 0.29) is 18.5 Å². The molecule has 2 aromatic carbocycles. The quantitative estimate of drug-likeness (QED) is 0.526. The topological polar surface area (TPSA) is 86.8 Å². The average Bonchev–Trinajstić information content (AvgIpc) is 2.76. The van der Waals surface area contributed by atoms with Crippen LogP contribution in [0.3, 0.4) is 0 Å². The number of amides is 2. The predicted octanol–water partition coefficient (Wildman–Crippen LogP) is 3.44. The van der Waals surface area contributed by atoms with Gasteiger partial charge in [-0.1, -0.05) is 49.4 Å². The van der Waals surface area contributed by atoms with E-state index in [2.05, 4.69) is 5.32 Å². The monoisotopic (exact) mass is 487 g/mol. The minimum atomic E-state index is -3.74. The summed E-state index contributed by atoms with van der Waals surface area (Å²) in [5, 5.41) is 2.89. The molecule has 186 valence electrons. The number of nitrogens with one attached hydrogen (secondary N) is 1. The number of hydrogen-bond donors (Lipinski definition) is 1. The average molecular weight is 488 g/mol. The molecule has 0 saturated carbocycles. The molecular formula is C26H37N3O4S.